The lowest BCUT2D eigenvalue weighted by Crippen LogP contribution is -2.47. The molecule has 1 fully saturated rings. The summed E-state index contributed by atoms with van der Waals surface area (Å²) in [7, 11) is 0. The van der Waals surface area contributed by atoms with Crippen molar-refractivity contribution in [3.63, 3.8) is 0 Å². The van der Waals surface area contributed by atoms with Crippen molar-refractivity contribution in [2.45, 2.75) is 38.8 Å². The van der Waals surface area contributed by atoms with Gasteiger partial charge in [0.25, 0.3) is 5.91 Å². The molecule has 0 aliphatic carbocycles. The number of rotatable bonds is 1. The smallest absolute Gasteiger partial charge is 0.256 e. The van der Waals surface area contributed by atoms with Gasteiger partial charge in [0.1, 0.15) is 6.04 Å². The van der Waals surface area contributed by atoms with Gasteiger partial charge in [-0.15, -0.1) is 11.3 Å². The molecule has 3 heterocycles. The molecule has 1 saturated heterocycles. The van der Waals surface area contributed by atoms with Gasteiger partial charge in [-0.2, -0.15) is 0 Å². The predicted molar refractivity (Wildman–Crippen MR) is 69.7 cm³/mol. The third-order valence-corrected chi connectivity index (χ3v) is 4.70. The Labute approximate surface area is 114 Å². The number of fused-ring (bicyclic) bond motifs is 1. The first kappa shape index (κ1) is 12.3. The fraction of sp³-hybridized carbons (Fsp3) is 0.462. The van der Waals surface area contributed by atoms with Gasteiger partial charge in [-0.1, -0.05) is 0 Å². The van der Waals surface area contributed by atoms with Crippen LogP contribution < -0.4 is 5.32 Å². The SMILES string of the molecule is Cc1scc2c1CN([C@H]1CCCC(=O)NC1=O)C2=O. The molecule has 0 bridgehead atoms. The van der Waals surface area contributed by atoms with Crippen molar-refractivity contribution in [1.29, 1.82) is 0 Å². The van der Waals surface area contributed by atoms with Crippen LogP contribution in [0.2, 0.25) is 0 Å². The Morgan fingerprint density at radius 3 is 2.89 bits per heavy atom. The van der Waals surface area contributed by atoms with Crippen LogP contribution in [-0.2, 0) is 16.1 Å². The van der Waals surface area contributed by atoms with E-state index in [1.165, 1.54) is 0 Å². The molecule has 1 N–H and O–H groups in total. The van der Waals surface area contributed by atoms with E-state index in [0.29, 0.717) is 31.4 Å². The number of nitrogens with zero attached hydrogens (tertiary/aromatic N) is 1. The van der Waals surface area contributed by atoms with Crippen molar-refractivity contribution in [1.82, 2.24) is 10.2 Å². The number of carbonyl (C=O) groups is 3. The number of thiophene rings is 1. The number of hydrogen-bond acceptors (Lipinski definition) is 4. The molecule has 0 radical (unpaired) electrons. The summed E-state index contributed by atoms with van der Waals surface area (Å²) in [5.74, 6) is -0.680. The summed E-state index contributed by atoms with van der Waals surface area (Å²) >= 11 is 1.56. The van der Waals surface area contributed by atoms with Gasteiger partial charge >= 0.3 is 0 Å². The van der Waals surface area contributed by atoms with Crippen molar-refractivity contribution in [2.24, 2.45) is 0 Å². The van der Waals surface area contributed by atoms with Crippen LogP contribution in [0, 0.1) is 6.92 Å². The van der Waals surface area contributed by atoms with Crippen molar-refractivity contribution >= 4 is 29.1 Å². The molecular weight excluding hydrogens is 264 g/mol. The Morgan fingerprint density at radius 2 is 2.16 bits per heavy atom. The highest BCUT2D eigenvalue weighted by molar-refractivity contribution is 7.10. The summed E-state index contributed by atoms with van der Waals surface area (Å²) in [5, 5.41) is 4.21. The largest absolute Gasteiger partial charge is 0.322 e. The maximum atomic E-state index is 12.3. The van der Waals surface area contributed by atoms with Crippen LogP contribution in [-0.4, -0.2) is 28.7 Å². The highest BCUT2D eigenvalue weighted by Crippen LogP contribution is 2.32. The second-order valence-corrected chi connectivity index (χ2v) is 6.02. The quantitative estimate of drug-likeness (QED) is 0.785. The van der Waals surface area contributed by atoms with E-state index in [4.69, 9.17) is 0 Å². The first-order valence-corrected chi connectivity index (χ1v) is 7.17. The lowest BCUT2D eigenvalue weighted by Gasteiger charge is -2.25. The van der Waals surface area contributed by atoms with Crippen LogP contribution in [0.15, 0.2) is 5.38 Å². The molecule has 5 nitrogen and oxygen atoms in total. The van der Waals surface area contributed by atoms with Gasteiger partial charge in [-0.3, -0.25) is 19.7 Å². The van der Waals surface area contributed by atoms with Crippen LogP contribution in [0.1, 0.15) is 40.1 Å². The Balaban J connectivity index is 1.86. The number of imide groups is 1. The minimum Gasteiger partial charge on any atom is -0.322 e. The molecule has 3 amide bonds. The highest BCUT2D eigenvalue weighted by Gasteiger charge is 2.38. The molecule has 1 atom stereocenters. The Bertz CT molecular complexity index is 578. The summed E-state index contributed by atoms with van der Waals surface area (Å²) in [6.45, 7) is 2.47. The zero-order valence-electron chi connectivity index (χ0n) is 10.6. The Morgan fingerprint density at radius 1 is 1.37 bits per heavy atom. The van der Waals surface area contributed by atoms with Crippen LogP contribution >= 0.6 is 11.3 Å². The van der Waals surface area contributed by atoms with E-state index in [2.05, 4.69) is 5.32 Å². The third-order valence-electron chi connectivity index (χ3n) is 3.75. The minimum absolute atomic E-state index is 0.0890. The fourth-order valence-corrected chi connectivity index (χ4v) is 3.53. The molecule has 2 aliphatic heterocycles. The number of nitrogens with one attached hydrogen (secondary N) is 1. The van der Waals surface area contributed by atoms with E-state index in [1.54, 1.807) is 16.2 Å². The summed E-state index contributed by atoms with van der Waals surface area (Å²) in [6, 6.07) is -0.518. The minimum atomic E-state index is -0.518. The lowest BCUT2D eigenvalue weighted by molar-refractivity contribution is -0.132. The van der Waals surface area contributed by atoms with Gasteiger partial charge in [-0.25, -0.2) is 0 Å². The molecule has 6 heteroatoms. The Hall–Kier alpha value is -1.69. The van der Waals surface area contributed by atoms with Gasteiger partial charge in [0, 0.05) is 23.2 Å². The third kappa shape index (κ3) is 1.96. The first-order chi connectivity index (χ1) is 9.08. The molecule has 0 aromatic carbocycles. The zero-order chi connectivity index (χ0) is 13.6. The average molecular weight is 278 g/mol. The van der Waals surface area contributed by atoms with Crippen molar-refractivity contribution in [2.75, 3.05) is 0 Å². The van der Waals surface area contributed by atoms with Crippen molar-refractivity contribution in [3.8, 4) is 0 Å². The fourth-order valence-electron chi connectivity index (χ4n) is 2.67. The van der Waals surface area contributed by atoms with E-state index >= 15 is 0 Å². The first-order valence-electron chi connectivity index (χ1n) is 6.29. The summed E-state index contributed by atoms with van der Waals surface area (Å²) in [6.07, 6.45) is 1.54. The average Bonchev–Trinajstić information content (AvgIpc) is 2.81. The topological polar surface area (TPSA) is 66.5 Å². The van der Waals surface area contributed by atoms with Gasteiger partial charge in [0.15, 0.2) is 0 Å². The predicted octanol–water partition coefficient (Wildman–Crippen LogP) is 1.21. The van der Waals surface area contributed by atoms with E-state index in [-0.39, 0.29) is 17.7 Å². The summed E-state index contributed by atoms with van der Waals surface area (Å²) in [5.41, 5.74) is 1.74. The standard InChI is InChI=1S/C13H14N2O3S/c1-7-8-5-15(13(18)9(8)6-19-7)10-3-2-4-11(16)14-12(10)17/h6,10H,2-5H2,1H3,(H,14,16,17)/t10-/m0/s1. The maximum absolute atomic E-state index is 12.3. The monoisotopic (exact) mass is 278 g/mol. The molecular formula is C13H14N2O3S. The van der Waals surface area contributed by atoms with E-state index in [0.717, 1.165) is 10.4 Å². The summed E-state index contributed by atoms with van der Waals surface area (Å²) < 4.78 is 0. The molecule has 0 spiro atoms. The zero-order valence-corrected chi connectivity index (χ0v) is 11.4. The lowest BCUT2D eigenvalue weighted by atomic mass is 10.1. The van der Waals surface area contributed by atoms with Gasteiger partial charge in [0.05, 0.1) is 5.56 Å². The van der Waals surface area contributed by atoms with E-state index in [1.807, 2.05) is 12.3 Å². The van der Waals surface area contributed by atoms with Crippen molar-refractivity contribution < 1.29 is 14.4 Å². The Kier molecular flexibility index (Phi) is 2.89. The van der Waals surface area contributed by atoms with Crippen LogP contribution in [0.4, 0.5) is 0 Å². The second-order valence-electron chi connectivity index (χ2n) is 4.94. The molecule has 3 rings (SSSR count). The number of aryl methyl sites for hydroxylation is 1. The number of hydrogen-bond donors (Lipinski definition) is 1. The van der Waals surface area contributed by atoms with Gasteiger partial charge < -0.3 is 4.90 Å². The molecule has 0 saturated carbocycles. The maximum Gasteiger partial charge on any atom is 0.256 e. The van der Waals surface area contributed by atoms with Crippen LogP contribution in [0.5, 0.6) is 0 Å². The van der Waals surface area contributed by atoms with E-state index in [9.17, 15) is 14.4 Å². The van der Waals surface area contributed by atoms with Crippen LogP contribution in [0.3, 0.4) is 0 Å². The molecule has 19 heavy (non-hydrogen) atoms. The number of carbonyl (C=O) groups excluding carboxylic acids is 3. The van der Waals surface area contributed by atoms with Gasteiger partial charge in [0.2, 0.25) is 11.8 Å². The molecule has 1 aromatic rings. The van der Waals surface area contributed by atoms with Crippen LogP contribution in [0.25, 0.3) is 0 Å². The molecule has 100 valence electrons. The highest BCUT2D eigenvalue weighted by atomic mass is 32.1. The van der Waals surface area contributed by atoms with E-state index < -0.39 is 6.04 Å². The second kappa shape index (κ2) is 4.45. The normalized spacial score (nSPS) is 23.3. The molecule has 0 unspecified atom stereocenters. The van der Waals surface area contributed by atoms with Crippen molar-refractivity contribution in [3.05, 3.63) is 21.4 Å². The number of amides is 3. The van der Waals surface area contributed by atoms with Gasteiger partial charge in [-0.05, 0) is 25.3 Å². The molecule has 1 aromatic heterocycles. The molecule has 2 aliphatic rings. The summed E-state index contributed by atoms with van der Waals surface area (Å²) in [4.78, 5) is 38.3.